The van der Waals surface area contributed by atoms with Crippen molar-refractivity contribution in [1.29, 1.82) is 0 Å². The third kappa shape index (κ3) is 3.73. The molecule has 0 aliphatic carbocycles. The lowest BCUT2D eigenvalue weighted by atomic mass is 10.1. The van der Waals surface area contributed by atoms with Crippen LogP contribution in [0.3, 0.4) is 0 Å². The Hall–Kier alpha value is -3.56. The number of aromatic nitrogens is 2. The van der Waals surface area contributed by atoms with Crippen molar-refractivity contribution in [3.63, 3.8) is 0 Å². The minimum Gasteiger partial charge on any atom is -0.487 e. The van der Waals surface area contributed by atoms with E-state index in [1.54, 1.807) is 4.90 Å². The van der Waals surface area contributed by atoms with Crippen LogP contribution in [0.2, 0.25) is 0 Å². The number of non-ortho nitro benzene ring substituents is 1. The van der Waals surface area contributed by atoms with E-state index in [2.05, 4.69) is 10.2 Å². The first-order valence-electron chi connectivity index (χ1n) is 8.96. The van der Waals surface area contributed by atoms with Gasteiger partial charge in [-0.1, -0.05) is 0 Å². The summed E-state index contributed by atoms with van der Waals surface area (Å²) in [5.41, 5.74) is 0.526. The highest BCUT2D eigenvalue weighted by molar-refractivity contribution is 6.05. The molecule has 1 N–H and O–H groups in total. The lowest BCUT2D eigenvalue weighted by molar-refractivity contribution is -0.384. The van der Waals surface area contributed by atoms with Crippen LogP contribution < -0.4 is 4.74 Å². The van der Waals surface area contributed by atoms with Crippen LogP contribution in [0.25, 0.3) is 10.9 Å². The Kier molecular flexibility index (Phi) is 4.83. The Labute approximate surface area is 163 Å². The molecule has 29 heavy (non-hydrogen) atoms. The highest BCUT2D eigenvalue weighted by Gasteiger charge is 2.28. The largest absolute Gasteiger partial charge is 0.487 e. The molecule has 2 aromatic carbocycles. The number of H-pyrrole nitrogens is 1. The second-order valence-electron chi connectivity index (χ2n) is 6.74. The van der Waals surface area contributed by atoms with Crippen molar-refractivity contribution in [2.24, 2.45) is 0 Å². The number of piperidine rings is 1. The number of nitro groups is 1. The van der Waals surface area contributed by atoms with Crippen molar-refractivity contribution in [1.82, 2.24) is 15.1 Å². The Morgan fingerprint density at radius 1 is 1.21 bits per heavy atom. The van der Waals surface area contributed by atoms with Gasteiger partial charge in [0.1, 0.15) is 11.9 Å². The maximum atomic E-state index is 13.7. The van der Waals surface area contributed by atoms with E-state index >= 15 is 0 Å². The summed E-state index contributed by atoms with van der Waals surface area (Å²) in [5, 5.41) is 18.1. The molecule has 2 heterocycles. The van der Waals surface area contributed by atoms with Gasteiger partial charge in [-0.05, 0) is 18.2 Å². The molecule has 0 atom stereocenters. The summed E-state index contributed by atoms with van der Waals surface area (Å²) < 4.78 is 32.3. The van der Waals surface area contributed by atoms with Gasteiger partial charge in [0.25, 0.3) is 11.6 Å². The second-order valence-corrected chi connectivity index (χ2v) is 6.74. The second kappa shape index (κ2) is 7.46. The summed E-state index contributed by atoms with van der Waals surface area (Å²) in [7, 11) is 0. The van der Waals surface area contributed by atoms with Gasteiger partial charge in [0.2, 0.25) is 0 Å². The molecule has 8 nitrogen and oxygen atoms in total. The fourth-order valence-corrected chi connectivity index (χ4v) is 3.36. The van der Waals surface area contributed by atoms with E-state index < -0.39 is 16.6 Å². The van der Waals surface area contributed by atoms with Gasteiger partial charge in [-0.3, -0.25) is 20.0 Å². The van der Waals surface area contributed by atoms with Gasteiger partial charge in [-0.25, -0.2) is 8.78 Å². The molecular formula is C19H16F2N4O4. The number of carbonyl (C=O) groups is 1. The van der Waals surface area contributed by atoms with Gasteiger partial charge in [0.15, 0.2) is 17.3 Å². The summed E-state index contributed by atoms with van der Waals surface area (Å²) in [5.74, 6) is -1.82. The van der Waals surface area contributed by atoms with Crippen LogP contribution in [0, 0.1) is 21.7 Å². The van der Waals surface area contributed by atoms with Crippen LogP contribution in [-0.4, -0.2) is 45.1 Å². The van der Waals surface area contributed by atoms with Crippen LogP contribution in [-0.2, 0) is 0 Å². The zero-order valence-electron chi connectivity index (χ0n) is 15.1. The highest BCUT2D eigenvalue weighted by atomic mass is 19.1. The number of carbonyl (C=O) groups excluding carboxylic acids is 1. The Morgan fingerprint density at radius 2 is 1.97 bits per heavy atom. The van der Waals surface area contributed by atoms with E-state index in [1.807, 2.05) is 0 Å². The first-order valence-corrected chi connectivity index (χ1v) is 8.96. The average molecular weight is 402 g/mol. The van der Waals surface area contributed by atoms with E-state index in [0.717, 1.165) is 12.1 Å². The van der Waals surface area contributed by atoms with Gasteiger partial charge >= 0.3 is 0 Å². The van der Waals surface area contributed by atoms with Gasteiger partial charge in [0.05, 0.1) is 10.4 Å². The number of hydrogen-bond donors (Lipinski definition) is 1. The molecular weight excluding hydrogens is 386 g/mol. The monoisotopic (exact) mass is 402 g/mol. The molecule has 0 radical (unpaired) electrons. The number of benzene rings is 2. The van der Waals surface area contributed by atoms with Gasteiger partial charge in [-0.15, -0.1) is 0 Å². The Balaban J connectivity index is 1.44. The minimum absolute atomic E-state index is 0.0261. The Morgan fingerprint density at radius 3 is 2.66 bits per heavy atom. The Bertz CT molecular complexity index is 1090. The number of nitro benzene ring substituents is 1. The molecule has 4 rings (SSSR count). The van der Waals surface area contributed by atoms with Crippen LogP contribution in [0.4, 0.5) is 14.5 Å². The van der Waals surface area contributed by atoms with Crippen molar-refractivity contribution in [2.75, 3.05) is 13.1 Å². The summed E-state index contributed by atoms with van der Waals surface area (Å²) in [4.78, 5) is 24.9. The van der Waals surface area contributed by atoms with Gasteiger partial charge < -0.3 is 9.64 Å². The highest BCUT2D eigenvalue weighted by Crippen LogP contribution is 2.26. The zero-order chi connectivity index (χ0) is 20.5. The lowest BCUT2D eigenvalue weighted by Crippen LogP contribution is -2.42. The maximum absolute atomic E-state index is 13.7. The molecule has 0 bridgehead atoms. The minimum atomic E-state index is -0.770. The molecule has 1 aliphatic heterocycles. The number of likely N-dealkylation sites (tertiary alicyclic amines) is 1. The topological polar surface area (TPSA) is 101 Å². The number of amides is 1. The number of nitrogens with zero attached hydrogens (tertiary/aromatic N) is 3. The molecule has 1 aliphatic rings. The number of halogens is 2. The molecule has 1 saturated heterocycles. The van der Waals surface area contributed by atoms with Crippen molar-refractivity contribution in [3.05, 3.63) is 63.8 Å². The summed E-state index contributed by atoms with van der Waals surface area (Å²) in [6, 6.07) is 7.29. The van der Waals surface area contributed by atoms with E-state index in [4.69, 9.17) is 4.74 Å². The molecule has 0 saturated carbocycles. The fraction of sp³-hybridized carbons (Fsp3) is 0.263. The van der Waals surface area contributed by atoms with Crippen molar-refractivity contribution in [2.45, 2.75) is 18.9 Å². The third-order valence-corrected chi connectivity index (χ3v) is 4.88. The van der Waals surface area contributed by atoms with E-state index in [-0.39, 0.29) is 29.1 Å². The average Bonchev–Trinajstić information content (AvgIpc) is 3.13. The predicted molar refractivity (Wildman–Crippen MR) is 98.7 cm³/mol. The standard InChI is InChI=1S/C19H16F2N4O4/c20-11-1-4-17(15(21)9-11)29-13-5-7-24(8-6-13)19(26)18-14-10-12(25(27)28)2-3-16(14)22-23-18/h1-4,9-10,13H,5-8H2,(H,22,23). The normalized spacial score (nSPS) is 14.9. The molecule has 1 amide bonds. The molecule has 1 fully saturated rings. The first kappa shape index (κ1) is 18.8. The summed E-state index contributed by atoms with van der Waals surface area (Å²) in [6.07, 6.45) is 0.617. The summed E-state index contributed by atoms with van der Waals surface area (Å²) in [6.45, 7) is 0.713. The van der Waals surface area contributed by atoms with Gasteiger partial charge in [-0.2, -0.15) is 5.10 Å². The van der Waals surface area contributed by atoms with Crippen LogP contribution in [0.1, 0.15) is 23.3 Å². The number of nitrogens with one attached hydrogen (secondary N) is 1. The van der Waals surface area contributed by atoms with Crippen LogP contribution >= 0.6 is 0 Å². The van der Waals surface area contributed by atoms with E-state index in [9.17, 15) is 23.7 Å². The van der Waals surface area contributed by atoms with Gasteiger partial charge in [0, 0.05) is 49.5 Å². The lowest BCUT2D eigenvalue weighted by Gasteiger charge is -2.31. The first-order chi connectivity index (χ1) is 13.9. The molecule has 0 unspecified atom stereocenters. The number of fused-ring (bicyclic) bond motifs is 1. The fourth-order valence-electron chi connectivity index (χ4n) is 3.36. The number of rotatable bonds is 4. The predicted octanol–water partition coefficient (Wildman–Crippen LogP) is 3.43. The molecule has 10 heteroatoms. The number of aromatic amines is 1. The molecule has 0 spiro atoms. The molecule has 1 aromatic heterocycles. The number of ether oxygens (including phenoxy) is 1. The van der Waals surface area contributed by atoms with Crippen LogP contribution in [0.5, 0.6) is 5.75 Å². The molecule has 3 aromatic rings. The van der Waals surface area contributed by atoms with E-state index in [1.165, 1.54) is 24.3 Å². The van der Waals surface area contributed by atoms with E-state index in [0.29, 0.717) is 36.8 Å². The van der Waals surface area contributed by atoms with Crippen molar-refractivity contribution in [3.8, 4) is 5.75 Å². The van der Waals surface area contributed by atoms with Crippen molar-refractivity contribution >= 4 is 22.5 Å². The van der Waals surface area contributed by atoms with Crippen molar-refractivity contribution < 1.29 is 23.2 Å². The quantitative estimate of drug-likeness (QED) is 0.532. The molecule has 150 valence electrons. The number of hydrogen-bond acceptors (Lipinski definition) is 5. The SMILES string of the molecule is O=C(c1n[nH]c2ccc([N+](=O)[O-])cc12)N1CCC(Oc2ccc(F)cc2F)CC1. The van der Waals surface area contributed by atoms with Crippen LogP contribution in [0.15, 0.2) is 36.4 Å². The zero-order valence-corrected chi connectivity index (χ0v) is 15.1. The smallest absolute Gasteiger partial charge is 0.274 e. The third-order valence-electron chi connectivity index (χ3n) is 4.88. The summed E-state index contributed by atoms with van der Waals surface area (Å²) >= 11 is 0. The maximum Gasteiger partial charge on any atom is 0.274 e.